The Kier molecular flexibility index (Phi) is 5.68. The Morgan fingerprint density at radius 3 is 2.27 bits per heavy atom. The van der Waals surface area contributed by atoms with Gasteiger partial charge in [0.25, 0.3) is 0 Å². The summed E-state index contributed by atoms with van der Waals surface area (Å²) in [7, 11) is 0. The number of hydrogen-bond donors (Lipinski definition) is 0. The first kappa shape index (κ1) is 18.5. The molecule has 0 aliphatic carbocycles. The number of nitrogens with zero attached hydrogens (tertiary/aromatic N) is 2. The van der Waals surface area contributed by atoms with Crippen LogP contribution in [0.4, 0.5) is 0 Å². The van der Waals surface area contributed by atoms with E-state index in [1.807, 2.05) is 31.2 Å². The van der Waals surface area contributed by atoms with Crippen LogP contribution < -0.4 is 4.74 Å². The van der Waals surface area contributed by atoms with E-state index >= 15 is 0 Å². The van der Waals surface area contributed by atoms with Crippen molar-refractivity contribution in [1.29, 1.82) is 5.26 Å². The maximum atomic E-state index is 9.66. The third-order valence-electron chi connectivity index (χ3n) is 3.75. The molecule has 2 aromatic carbocycles. The summed E-state index contributed by atoms with van der Waals surface area (Å²) in [5, 5.41) is 11.2. The Morgan fingerprint density at radius 1 is 0.962 bits per heavy atom. The highest BCUT2D eigenvalue weighted by Crippen LogP contribution is 2.36. The molecule has 0 amide bonds. The lowest BCUT2D eigenvalue weighted by atomic mass is 9.99. The van der Waals surface area contributed by atoms with E-state index in [0.29, 0.717) is 38.5 Å². The zero-order valence-corrected chi connectivity index (χ0v) is 16.0. The van der Waals surface area contributed by atoms with Gasteiger partial charge in [-0.05, 0) is 42.8 Å². The summed E-state index contributed by atoms with van der Waals surface area (Å²) in [6.45, 7) is 2.24. The van der Waals surface area contributed by atoms with Crippen LogP contribution in [0.15, 0.2) is 48.5 Å². The molecule has 0 saturated carbocycles. The van der Waals surface area contributed by atoms with Crippen LogP contribution in [0, 0.1) is 11.3 Å². The minimum Gasteiger partial charge on any atom is -0.477 e. The summed E-state index contributed by atoms with van der Waals surface area (Å²) < 4.78 is 5.61. The molecule has 26 heavy (non-hydrogen) atoms. The van der Waals surface area contributed by atoms with E-state index in [0.717, 1.165) is 11.1 Å². The zero-order chi connectivity index (χ0) is 18.7. The average molecular weight is 404 g/mol. The highest BCUT2D eigenvalue weighted by molar-refractivity contribution is 6.42. The van der Waals surface area contributed by atoms with Gasteiger partial charge >= 0.3 is 0 Å². The predicted octanol–water partition coefficient (Wildman–Crippen LogP) is 6.65. The van der Waals surface area contributed by atoms with E-state index in [1.165, 1.54) is 0 Å². The van der Waals surface area contributed by atoms with Crippen molar-refractivity contribution in [3.8, 4) is 34.3 Å². The third-order valence-corrected chi connectivity index (χ3v) is 4.74. The first-order valence-corrected chi connectivity index (χ1v) is 8.96. The fourth-order valence-corrected chi connectivity index (χ4v) is 2.95. The first-order chi connectivity index (χ1) is 12.5. The van der Waals surface area contributed by atoms with Gasteiger partial charge in [0.1, 0.15) is 11.6 Å². The Hall–Kier alpha value is -2.25. The van der Waals surface area contributed by atoms with E-state index in [-0.39, 0.29) is 5.88 Å². The minimum atomic E-state index is 0.281. The Morgan fingerprint density at radius 2 is 1.65 bits per heavy atom. The predicted molar refractivity (Wildman–Crippen MR) is 106 cm³/mol. The molecule has 0 bridgehead atoms. The quantitative estimate of drug-likeness (QED) is 0.490. The fraction of sp³-hybridized carbons (Fsp3) is 0.100. The smallest absolute Gasteiger partial charge is 0.232 e. The molecule has 3 nitrogen and oxygen atoms in total. The summed E-state index contributed by atoms with van der Waals surface area (Å²) in [4.78, 5) is 4.51. The van der Waals surface area contributed by atoms with Crippen molar-refractivity contribution in [2.45, 2.75) is 6.92 Å². The average Bonchev–Trinajstić information content (AvgIpc) is 2.64. The van der Waals surface area contributed by atoms with Gasteiger partial charge in [0, 0.05) is 16.1 Å². The van der Waals surface area contributed by atoms with Crippen molar-refractivity contribution in [3.63, 3.8) is 0 Å². The van der Waals surface area contributed by atoms with Gasteiger partial charge in [0.2, 0.25) is 5.88 Å². The van der Waals surface area contributed by atoms with Crippen LogP contribution in [0.1, 0.15) is 12.5 Å². The molecule has 0 aliphatic heterocycles. The summed E-state index contributed by atoms with van der Waals surface area (Å²) >= 11 is 18.1. The van der Waals surface area contributed by atoms with Gasteiger partial charge in [-0.3, -0.25) is 0 Å². The molecule has 0 aliphatic rings. The third kappa shape index (κ3) is 3.78. The Labute approximate surface area is 166 Å². The monoisotopic (exact) mass is 402 g/mol. The van der Waals surface area contributed by atoms with Crippen LogP contribution in [-0.2, 0) is 0 Å². The van der Waals surface area contributed by atoms with Crippen LogP contribution >= 0.6 is 34.8 Å². The number of halogens is 3. The molecule has 0 unspecified atom stereocenters. The van der Waals surface area contributed by atoms with E-state index < -0.39 is 0 Å². The molecular formula is C20H13Cl3N2O. The van der Waals surface area contributed by atoms with E-state index in [9.17, 15) is 5.26 Å². The van der Waals surface area contributed by atoms with Gasteiger partial charge in [-0.2, -0.15) is 5.26 Å². The maximum Gasteiger partial charge on any atom is 0.232 e. The molecule has 1 aromatic heterocycles. The number of nitriles is 1. The van der Waals surface area contributed by atoms with Crippen molar-refractivity contribution in [1.82, 2.24) is 4.98 Å². The van der Waals surface area contributed by atoms with Crippen molar-refractivity contribution in [2.75, 3.05) is 6.61 Å². The Balaban J connectivity index is 2.25. The van der Waals surface area contributed by atoms with Crippen LogP contribution in [0.2, 0.25) is 15.1 Å². The lowest BCUT2D eigenvalue weighted by Gasteiger charge is -2.13. The number of pyridine rings is 1. The van der Waals surface area contributed by atoms with E-state index in [4.69, 9.17) is 39.5 Å². The largest absolute Gasteiger partial charge is 0.477 e. The number of aromatic nitrogens is 1. The standard InChI is InChI=1S/C20H13Cl3N2O/c1-2-26-20-16(11-24)15(13-5-8-17(22)18(23)9-13)10-19(25-20)12-3-6-14(21)7-4-12/h3-10H,2H2,1H3. The van der Waals surface area contributed by atoms with Gasteiger partial charge in [-0.1, -0.05) is 53.0 Å². The summed E-state index contributed by atoms with van der Waals surface area (Å²) in [6.07, 6.45) is 0. The van der Waals surface area contributed by atoms with Crippen molar-refractivity contribution in [2.24, 2.45) is 0 Å². The number of hydrogen-bond acceptors (Lipinski definition) is 3. The number of ether oxygens (including phenoxy) is 1. The molecular weight excluding hydrogens is 391 g/mol. The lowest BCUT2D eigenvalue weighted by Crippen LogP contribution is -2.01. The molecule has 0 radical (unpaired) electrons. The first-order valence-electron chi connectivity index (χ1n) is 7.82. The molecule has 130 valence electrons. The number of benzene rings is 2. The highest BCUT2D eigenvalue weighted by Gasteiger charge is 2.17. The fourth-order valence-electron chi connectivity index (χ4n) is 2.53. The molecule has 6 heteroatoms. The van der Waals surface area contributed by atoms with Crippen LogP contribution in [-0.4, -0.2) is 11.6 Å². The van der Waals surface area contributed by atoms with E-state index in [2.05, 4.69) is 11.1 Å². The molecule has 0 fully saturated rings. The zero-order valence-electron chi connectivity index (χ0n) is 13.8. The highest BCUT2D eigenvalue weighted by atomic mass is 35.5. The second-order valence-electron chi connectivity index (χ2n) is 5.42. The van der Waals surface area contributed by atoms with Gasteiger partial charge in [-0.25, -0.2) is 4.98 Å². The summed E-state index contributed by atoms with van der Waals surface area (Å²) in [5.41, 5.74) is 3.32. The minimum absolute atomic E-state index is 0.281. The van der Waals surface area contributed by atoms with E-state index in [1.54, 1.807) is 24.3 Å². The van der Waals surface area contributed by atoms with Gasteiger partial charge < -0.3 is 4.74 Å². The molecule has 3 rings (SSSR count). The Bertz CT molecular complexity index is 995. The van der Waals surface area contributed by atoms with Crippen LogP contribution in [0.5, 0.6) is 5.88 Å². The van der Waals surface area contributed by atoms with Crippen molar-refractivity contribution >= 4 is 34.8 Å². The number of rotatable bonds is 4. The molecule has 0 saturated heterocycles. The maximum absolute atomic E-state index is 9.66. The lowest BCUT2D eigenvalue weighted by molar-refractivity contribution is 0.326. The topological polar surface area (TPSA) is 45.9 Å². The molecule has 0 spiro atoms. The summed E-state index contributed by atoms with van der Waals surface area (Å²) in [6, 6.07) is 16.6. The van der Waals surface area contributed by atoms with Gasteiger partial charge in [0.05, 0.1) is 22.3 Å². The second kappa shape index (κ2) is 7.97. The second-order valence-corrected chi connectivity index (χ2v) is 6.67. The SMILES string of the molecule is CCOc1nc(-c2ccc(Cl)cc2)cc(-c2ccc(Cl)c(Cl)c2)c1C#N. The summed E-state index contributed by atoms with van der Waals surface area (Å²) in [5.74, 6) is 0.281. The van der Waals surface area contributed by atoms with Crippen molar-refractivity contribution in [3.05, 3.63) is 69.2 Å². The van der Waals surface area contributed by atoms with Crippen LogP contribution in [0.25, 0.3) is 22.4 Å². The van der Waals surface area contributed by atoms with Crippen molar-refractivity contribution < 1.29 is 4.74 Å². The molecule has 1 heterocycles. The molecule has 0 N–H and O–H groups in total. The van der Waals surface area contributed by atoms with Gasteiger partial charge in [0.15, 0.2) is 0 Å². The van der Waals surface area contributed by atoms with Gasteiger partial charge in [-0.15, -0.1) is 0 Å². The molecule has 3 aromatic rings. The normalized spacial score (nSPS) is 10.4. The van der Waals surface area contributed by atoms with Crippen LogP contribution in [0.3, 0.4) is 0 Å². The molecule has 0 atom stereocenters.